The summed E-state index contributed by atoms with van der Waals surface area (Å²) in [6.45, 7) is 2.24. The van der Waals surface area contributed by atoms with Crippen molar-refractivity contribution >= 4 is 19.9 Å². The normalized spacial score (nSPS) is 14.0. The van der Waals surface area contributed by atoms with Crippen molar-refractivity contribution in [3.05, 3.63) is 35.9 Å². The van der Waals surface area contributed by atoms with Gasteiger partial charge in [0.05, 0.1) is 0 Å². The third kappa shape index (κ3) is 2.68. The van der Waals surface area contributed by atoms with Crippen LogP contribution in [0.2, 0.25) is 6.04 Å². The molecule has 60 valence electrons. The van der Waals surface area contributed by atoms with Gasteiger partial charge >= 0.3 is 0 Å². The van der Waals surface area contributed by atoms with Gasteiger partial charge in [-0.1, -0.05) is 37.3 Å². The van der Waals surface area contributed by atoms with Crippen molar-refractivity contribution in [1.82, 2.24) is 0 Å². The molecule has 1 aromatic carbocycles. The molecule has 0 saturated heterocycles. The Morgan fingerprint density at radius 2 is 2.00 bits per heavy atom. The van der Waals surface area contributed by atoms with Crippen LogP contribution in [0.1, 0.15) is 18.4 Å². The Morgan fingerprint density at radius 3 is 2.55 bits per heavy atom. The molecule has 1 aromatic rings. The average Bonchev–Trinajstić information content (AvgIpc) is 2.07. The average molecular weight is 185 g/mol. The van der Waals surface area contributed by atoms with Crippen LogP contribution in [0.5, 0.6) is 0 Å². The summed E-state index contributed by atoms with van der Waals surface area (Å²) in [7, 11) is -0.305. The Labute approximate surface area is 75.1 Å². The molecule has 1 unspecified atom stereocenters. The molecule has 0 aliphatic carbocycles. The summed E-state index contributed by atoms with van der Waals surface area (Å²) in [6, 6.07) is 11.8. The van der Waals surface area contributed by atoms with Crippen LogP contribution >= 0.6 is 11.1 Å². The summed E-state index contributed by atoms with van der Waals surface area (Å²) in [4.78, 5) is 0. The second-order valence-corrected chi connectivity index (χ2v) is 4.88. The predicted molar refractivity (Wildman–Crippen MR) is 54.1 cm³/mol. The highest BCUT2D eigenvalue weighted by molar-refractivity contribution is 6.93. The molecule has 11 heavy (non-hydrogen) atoms. The molecule has 0 N–H and O–H groups in total. The van der Waals surface area contributed by atoms with E-state index in [4.69, 9.17) is 11.1 Å². The zero-order valence-electron chi connectivity index (χ0n) is 6.76. The monoisotopic (exact) mass is 184 g/mol. The van der Waals surface area contributed by atoms with Gasteiger partial charge in [-0.2, -0.15) is 11.1 Å². The first-order valence-corrected chi connectivity index (χ1v) is 7.09. The van der Waals surface area contributed by atoms with Gasteiger partial charge in [0.25, 0.3) is 0 Å². The minimum atomic E-state index is -0.305. The Balaban J connectivity index is 2.61. The maximum Gasteiger partial charge on any atom is 0.125 e. The fourth-order valence-corrected chi connectivity index (χ4v) is 2.75. The van der Waals surface area contributed by atoms with E-state index in [2.05, 4.69) is 31.2 Å². The van der Waals surface area contributed by atoms with Crippen LogP contribution in [0.4, 0.5) is 0 Å². The molecular formula is C9H13ClSi. The van der Waals surface area contributed by atoms with Crippen LogP contribution in [0.3, 0.4) is 0 Å². The molecule has 0 saturated carbocycles. The molecule has 2 heteroatoms. The highest BCUT2D eigenvalue weighted by Crippen LogP contribution is 2.18. The lowest BCUT2D eigenvalue weighted by Gasteiger charge is -2.08. The highest BCUT2D eigenvalue weighted by Gasteiger charge is 2.02. The lowest BCUT2D eigenvalue weighted by molar-refractivity contribution is 0.862. The number of benzene rings is 1. The van der Waals surface area contributed by atoms with E-state index in [1.807, 2.05) is 6.07 Å². The van der Waals surface area contributed by atoms with Gasteiger partial charge in [0, 0.05) is 0 Å². The zero-order chi connectivity index (χ0) is 8.10. The van der Waals surface area contributed by atoms with E-state index in [1.54, 1.807) is 0 Å². The van der Waals surface area contributed by atoms with Crippen LogP contribution in [0.15, 0.2) is 30.3 Å². The van der Waals surface area contributed by atoms with Crippen LogP contribution in [0.25, 0.3) is 0 Å². The van der Waals surface area contributed by atoms with Crippen molar-refractivity contribution in [3.63, 3.8) is 0 Å². The van der Waals surface area contributed by atoms with Crippen LogP contribution in [0, 0.1) is 0 Å². The smallest absolute Gasteiger partial charge is 0.125 e. The predicted octanol–water partition coefficient (Wildman–Crippen LogP) is 2.53. The van der Waals surface area contributed by atoms with Gasteiger partial charge in [-0.05, 0) is 17.5 Å². The van der Waals surface area contributed by atoms with E-state index < -0.39 is 0 Å². The first-order chi connectivity index (χ1) is 5.34. The van der Waals surface area contributed by atoms with E-state index in [0.29, 0.717) is 5.92 Å². The maximum atomic E-state index is 5.79. The molecule has 0 aliphatic rings. The lowest BCUT2D eigenvalue weighted by atomic mass is 10.0. The number of hydrogen-bond donors (Lipinski definition) is 0. The maximum absolute atomic E-state index is 5.79. The van der Waals surface area contributed by atoms with Gasteiger partial charge in [0.1, 0.15) is 8.83 Å². The molecule has 0 heterocycles. The molecule has 0 aromatic heterocycles. The Morgan fingerprint density at radius 1 is 1.36 bits per heavy atom. The Bertz CT molecular complexity index is 198. The summed E-state index contributed by atoms with van der Waals surface area (Å²) >= 11 is 5.79. The fourth-order valence-electron chi connectivity index (χ4n) is 1.11. The largest absolute Gasteiger partial charge is 0.176 e. The molecule has 0 nitrogen and oxygen atoms in total. The van der Waals surface area contributed by atoms with E-state index in [1.165, 1.54) is 11.6 Å². The van der Waals surface area contributed by atoms with Crippen LogP contribution in [-0.2, 0) is 0 Å². The van der Waals surface area contributed by atoms with Gasteiger partial charge < -0.3 is 0 Å². The molecule has 0 radical (unpaired) electrons. The van der Waals surface area contributed by atoms with Crippen molar-refractivity contribution < 1.29 is 0 Å². The van der Waals surface area contributed by atoms with Crippen molar-refractivity contribution in [2.24, 2.45) is 0 Å². The van der Waals surface area contributed by atoms with Gasteiger partial charge in [0.15, 0.2) is 0 Å². The molecule has 0 bridgehead atoms. The number of halogens is 1. The van der Waals surface area contributed by atoms with Gasteiger partial charge in [-0.3, -0.25) is 0 Å². The molecule has 1 atom stereocenters. The van der Waals surface area contributed by atoms with Crippen molar-refractivity contribution in [2.45, 2.75) is 18.9 Å². The van der Waals surface area contributed by atoms with Crippen LogP contribution < -0.4 is 0 Å². The molecular weight excluding hydrogens is 172 g/mol. The third-order valence-electron chi connectivity index (χ3n) is 1.91. The van der Waals surface area contributed by atoms with E-state index in [0.717, 1.165) is 0 Å². The van der Waals surface area contributed by atoms with E-state index in [9.17, 15) is 0 Å². The highest BCUT2D eigenvalue weighted by atomic mass is 35.6. The van der Waals surface area contributed by atoms with E-state index >= 15 is 0 Å². The topological polar surface area (TPSA) is 0 Å². The van der Waals surface area contributed by atoms with Crippen LogP contribution in [-0.4, -0.2) is 8.83 Å². The standard InChI is InChI=1S/C9H13ClSi/c1-8(7-11-10)9-5-3-2-4-6-9/h2-6,8H,7,11H2,1H3. The molecule has 1 rings (SSSR count). The molecule has 0 aliphatic heterocycles. The zero-order valence-corrected chi connectivity index (χ0v) is 8.93. The summed E-state index contributed by atoms with van der Waals surface area (Å²) < 4.78 is 0. The fraction of sp³-hybridized carbons (Fsp3) is 0.333. The summed E-state index contributed by atoms with van der Waals surface area (Å²) in [5.74, 6) is 0.653. The second kappa shape index (κ2) is 4.57. The minimum absolute atomic E-state index is 0.305. The van der Waals surface area contributed by atoms with Crippen molar-refractivity contribution in [3.8, 4) is 0 Å². The van der Waals surface area contributed by atoms with Crippen molar-refractivity contribution in [2.75, 3.05) is 0 Å². The van der Waals surface area contributed by atoms with Gasteiger partial charge in [-0.25, -0.2) is 0 Å². The second-order valence-electron chi connectivity index (χ2n) is 2.79. The minimum Gasteiger partial charge on any atom is -0.176 e. The SMILES string of the molecule is CC(C[SiH2]Cl)c1ccccc1. The van der Waals surface area contributed by atoms with E-state index in [-0.39, 0.29) is 8.83 Å². The Kier molecular flexibility index (Phi) is 3.67. The summed E-state index contributed by atoms with van der Waals surface area (Å²) in [5, 5.41) is 0. The molecule has 0 fully saturated rings. The van der Waals surface area contributed by atoms with Gasteiger partial charge in [0.2, 0.25) is 0 Å². The first-order valence-electron chi connectivity index (χ1n) is 3.95. The first kappa shape index (κ1) is 8.82. The lowest BCUT2D eigenvalue weighted by Crippen LogP contribution is -1.93. The number of rotatable bonds is 3. The number of hydrogen-bond acceptors (Lipinski definition) is 0. The van der Waals surface area contributed by atoms with Crippen molar-refractivity contribution in [1.29, 1.82) is 0 Å². The van der Waals surface area contributed by atoms with Gasteiger partial charge in [-0.15, -0.1) is 0 Å². The summed E-state index contributed by atoms with van der Waals surface area (Å²) in [5.41, 5.74) is 1.42. The summed E-state index contributed by atoms with van der Waals surface area (Å²) in [6.07, 6.45) is 0. The molecule has 0 amide bonds. The molecule has 0 spiro atoms. The quantitative estimate of drug-likeness (QED) is 0.501. The Hall–Kier alpha value is -0.273. The third-order valence-corrected chi connectivity index (χ3v) is 3.65.